The van der Waals surface area contributed by atoms with Gasteiger partial charge in [-0.1, -0.05) is 66.7 Å². The van der Waals surface area contributed by atoms with Crippen molar-refractivity contribution in [3.05, 3.63) is 101 Å². The van der Waals surface area contributed by atoms with Gasteiger partial charge in [0.05, 0.1) is 5.75 Å². The van der Waals surface area contributed by atoms with Crippen LogP contribution in [0.25, 0.3) is 0 Å². The molecule has 30 heavy (non-hydrogen) atoms. The van der Waals surface area contributed by atoms with E-state index in [9.17, 15) is 8.42 Å². The van der Waals surface area contributed by atoms with Gasteiger partial charge in [0.1, 0.15) is 0 Å². The Hall–Kier alpha value is -2.63. The summed E-state index contributed by atoms with van der Waals surface area (Å²) in [6, 6.07) is 26.9. The maximum atomic E-state index is 12.2. The number of rotatable bonds is 8. The summed E-state index contributed by atoms with van der Waals surface area (Å²) < 4.78 is 27.2. The van der Waals surface area contributed by atoms with Gasteiger partial charge in [0.15, 0.2) is 0 Å². The fourth-order valence-corrected chi connectivity index (χ4v) is 4.97. The van der Waals surface area contributed by atoms with Gasteiger partial charge in [0.25, 0.3) is 0 Å². The molecule has 0 spiro atoms. The van der Waals surface area contributed by atoms with Crippen LogP contribution < -0.4 is 9.62 Å². The summed E-state index contributed by atoms with van der Waals surface area (Å²) in [6.07, 6.45) is 2.29. The van der Waals surface area contributed by atoms with Crippen LogP contribution in [0.3, 0.4) is 0 Å². The molecular weight excluding hydrogens is 392 g/mol. The summed E-state index contributed by atoms with van der Waals surface area (Å²) >= 11 is 0. The molecule has 1 aliphatic rings. The highest BCUT2D eigenvalue weighted by atomic mass is 32.2. The van der Waals surface area contributed by atoms with E-state index in [1.54, 1.807) is 0 Å². The van der Waals surface area contributed by atoms with Gasteiger partial charge in [0.2, 0.25) is 10.0 Å². The fourth-order valence-electron chi connectivity index (χ4n) is 3.91. The van der Waals surface area contributed by atoms with Crippen molar-refractivity contribution in [1.29, 1.82) is 0 Å². The fraction of sp³-hybridized carbons (Fsp3) is 0.280. The summed E-state index contributed by atoms with van der Waals surface area (Å²) in [6.45, 7) is 2.39. The van der Waals surface area contributed by atoms with E-state index < -0.39 is 10.0 Å². The van der Waals surface area contributed by atoms with E-state index in [1.807, 2.05) is 30.3 Å². The molecule has 4 rings (SSSR count). The molecule has 0 aliphatic carbocycles. The van der Waals surface area contributed by atoms with Crippen molar-refractivity contribution < 1.29 is 8.42 Å². The minimum Gasteiger partial charge on any atom is -0.367 e. The molecule has 0 saturated carbocycles. The minimum absolute atomic E-state index is 0.117. The maximum absolute atomic E-state index is 12.2. The molecule has 1 N–H and O–H groups in total. The average molecular weight is 421 g/mol. The van der Waals surface area contributed by atoms with Crippen LogP contribution in [0.15, 0.2) is 78.9 Å². The molecule has 0 saturated heterocycles. The van der Waals surface area contributed by atoms with Crippen LogP contribution in [0.5, 0.6) is 0 Å². The van der Waals surface area contributed by atoms with Crippen LogP contribution in [-0.2, 0) is 35.8 Å². The Morgan fingerprint density at radius 1 is 0.767 bits per heavy atom. The number of nitrogens with one attached hydrogen (secondary N) is 1. The van der Waals surface area contributed by atoms with Crippen LogP contribution >= 0.6 is 0 Å². The molecule has 0 unspecified atom stereocenters. The number of fused-ring (bicyclic) bond motifs is 1. The second-order valence-electron chi connectivity index (χ2n) is 7.81. The van der Waals surface area contributed by atoms with E-state index >= 15 is 0 Å². The lowest BCUT2D eigenvalue weighted by molar-refractivity contribution is 0.581. The van der Waals surface area contributed by atoms with Gasteiger partial charge < -0.3 is 4.90 Å². The van der Waals surface area contributed by atoms with Gasteiger partial charge in [-0.2, -0.15) is 0 Å². The number of sulfonamides is 1. The summed E-state index contributed by atoms with van der Waals surface area (Å²) in [5.74, 6) is 0.117. The zero-order valence-electron chi connectivity index (χ0n) is 17.1. The van der Waals surface area contributed by atoms with E-state index in [1.165, 1.54) is 16.8 Å². The Labute approximate surface area is 179 Å². The molecule has 4 nitrogen and oxygen atoms in total. The van der Waals surface area contributed by atoms with Crippen LogP contribution in [-0.4, -0.2) is 27.3 Å². The number of aryl methyl sites for hydroxylation is 1. The minimum atomic E-state index is -3.26. The molecule has 3 aromatic rings. The number of benzene rings is 3. The molecule has 1 heterocycles. The van der Waals surface area contributed by atoms with E-state index in [2.05, 4.69) is 58.2 Å². The molecule has 156 valence electrons. The zero-order chi connectivity index (χ0) is 20.8. The lowest BCUT2D eigenvalue weighted by atomic mass is 9.99. The Morgan fingerprint density at radius 2 is 1.43 bits per heavy atom. The highest BCUT2D eigenvalue weighted by Crippen LogP contribution is 2.24. The van der Waals surface area contributed by atoms with Crippen LogP contribution in [0.2, 0.25) is 0 Å². The van der Waals surface area contributed by atoms with E-state index in [0.717, 1.165) is 30.6 Å². The smallest absolute Gasteiger partial charge is 0.211 e. The first kappa shape index (κ1) is 20.6. The highest BCUT2D eigenvalue weighted by molar-refractivity contribution is 7.89. The van der Waals surface area contributed by atoms with Crippen LogP contribution in [0.4, 0.5) is 5.69 Å². The Bertz CT molecular complexity index is 1060. The lowest BCUT2D eigenvalue weighted by Crippen LogP contribution is -2.30. The Kier molecular flexibility index (Phi) is 6.50. The number of anilines is 1. The quantitative estimate of drug-likeness (QED) is 0.600. The molecule has 0 atom stereocenters. The maximum Gasteiger partial charge on any atom is 0.211 e. The van der Waals surface area contributed by atoms with Crippen molar-refractivity contribution in [2.45, 2.75) is 25.8 Å². The SMILES string of the molecule is O=S(=O)(CCc1ccccc1)NCCc1ccc(N2CCc3ccccc3C2)cc1. The first-order valence-electron chi connectivity index (χ1n) is 10.5. The van der Waals surface area contributed by atoms with Crippen LogP contribution in [0.1, 0.15) is 22.3 Å². The van der Waals surface area contributed by atoms with Gasteiger partial charge >= 0.3 is 0 Å². The average Bonchev–Trinajstić information content (AvgIpc) is 2.78. The molecule has 3 aromatic carbocycles. The number of nitrogens with zero attached hydrogens (tertiary/aromatic N) is 1. The number of hydrogen-bond acceptors (Lipinski definition) is 3. The molecule has 0 bridgehead atoms. The second kappa shape index (κ2) is 9.45. The summed E-state index contributed by atoms with van der Waals surface area (Å²) in [7, 11) is -3.26. The molecular formula is C25H28N2O2S. The first-order chi connectivity index (χ1) is 14.6. The van der Waals surface area contributed by atoms with E-state index in [4.69, 9.17) is 0 Å². The number of hydrogen-bond donors (Lipinski definition) is 1. The van der Waals surface area contributed by atoms with Gasteiger partial charge in [-0.05, 0) is 53.6 Å². The van der Waals surface area contributed by atoms with E-state index in [0.29, 0.717) is 19.4 Å². The van der Waals surface area contributed by atoms with Gasteiger partial charge in [-0.15, -0.1) is 0 Å². The third-order valence-electron chi connectivity index (χ3n) is 5.67. The van der Waals surface area contributed by atoms with Crippen LogP contribution in [0, 0.1) is 0 Å². The summed E-state index contributed by atoms with van der Waals surface area (Å²) in [4.78, 5) is 2.40. The zero-order valence-corrected chi connectivity index (χ0v) is 17.9. The Morgan fingerprint density at radius 3 is 2.20 bits per heavy atom. The largest absolute Gasteiger partial charge is 0.367 e. The molecule has 1 aliphatic heterocycles. The standard InChI is InChI=1S/C25H28N2O2S/c28-30(29,19-16-21-6-2-1-3-7-21)26-17-14-22-10-12-25(13-11-22)27-18-15-23-8-4-5-9-24(23)20-27/h1-13,26H,14-20H2. The van der Waals surface area contributed by atoms with E-state index in [-0.39, 0.29) is 5.75 Å². The van der Waals surface area contributed by atoms with Crippen molar-refractivity contribution in [2.75, 3.05) is 23.7 Å². The normalized spacial score (nSPS) is 13.8. The van der Waals surface area contributed by atoms with Crippen molar-refractivity contribution in [3.63, 3.8) is 0 Å². The lowest BCUT2D eigenvalue weighted by Gasteiger charge is -2.30. The second-order valence-corrected chi connectivity index (χ2v) is 9.73. The Balaban J connectivity index is 1.26. The summed E-state index contributed by atoms with van der Waals surface area (Å²) in [5, 5.41) is 0. The van der Waals surface area contributed by atoms with Crippen molar-refractivity contribution >= 4 is 15.7 Å². The highest BCUT2D eigenvalue weighted by Gasteiger charge is 2.16. The third kappa shape index (κ3) is 5.49. The summed E-state index contributed by atoms with van der Waals surface area (Å²) in [5.41, 5.74) is 6.25. The van der Waals surface area contributed by atoms with Gasteiger partial charge in [0, 0.05) is 25.3 Å². The van der Waals surface area contributed by atoms with Crippen molar-refractivity contribution in [2.24, 2.45) is 0 Å². The molecule has 5 heteroatoms. The molecule has 0 radical (unpaired) electrons. The molecule has 0 fully saturated rings. The van der Waals surface area contributed by atoms with Crippen molar-refractivity contribution in [1.82, 2.24) is 4.72 Å². The third-order valence-corrected chi connectivity index (χ3v) is 7.06. The monoisotopic (exact) mass is 420 g/mol. The molecule has 0 amide bonds. The predicted molar refractivity (Wildman–Crippen MR) is 123 cm³/mol. The molecule has 0 aromatic heterocycles. The van der Waals surface area contributed by atoms with Crippen molar-refractivity contribution in [3.8, 4) is 0 Å². The first-order valence-corrected chi connectivity index (χ1v) is 12.2. The van der Waals surface area contributed by atoms with Gasteiger partial charge in [-0.3, -0.25) is 0 Å². The predicted octanol–water partition coefficient (Wildman–Crippen LogP) is 3.95. The van der Waals surface area contributed by atoms with Gasteiger partial charge in [-0.25, -0.2) is 13.1 Å². The topological polar surface area (TPSA) is 49.4 Å².